The van der Waals surface area contributed by atoms with E-state index < -0.39 is 0 Å². The first-order valence-electron chi connectivity index (χ1n) is 6.03. The van der Waals surface area contributed by atoms with Crippen LogP contribution in [0.1, 0.15) is 5.56 Å². The average molecular weight is 300 g/mol. The van der Waals surface area contributed by atoms with Gasteiger partial charge in [0.2, 0.25) is 0 Å². The Morgan fingerprint density at radius 2 is 2.05 bits per heavy atom. The highest BCUT2D eigenvalue weighted by Crippen LogP contribution is 2.29. The molecule has 0 saturated heterocycles. The summed E-state index contributed by atoms with van der Waals surface area (Å²) in [6, 6.07) is 6.03. The van der Waals surface area contributed by atoms with Gasteiger partial charge in [0.15, 0.2) is 6.29 Å². The fourth-order valence-corrected chi connectivity index (χ4v) is 3.14. The van der Waals surface area contributed by atoms with E-state index >= 15 is 0 Å². The van der Waals surface area contributed by atoms with Gasteiger partial charge in [0, 0.05) is 37.0 Å². The molecule has 0 spiro atoms. The average Bonchev–Trinajstić information content (AvgIpc) is 2.78. The number of methoxy groups -OCH3 is 2. The van der Waals surface area contributed by atoms with Gasteiger partial charge in [0.25, 0.3) is 0 Å². The number of nitrogens with zero attached hydrogens (tertiary/aromatic N) is 1. The smallest absolute Gasteiger partial charge is 0.169 e. The minimum Gasteiger partial charge on any atom is -0.355 e. The molecule has 0 N–H and O–H groups in total. The number of hydrogen-bond acceptors (Lipinski definition) is 4. The number of hydrogen-bond donors (Lipinski definition) is 0. The Morgan fingerprint density at radius 3 is 2.74 bits per heavy atom. The van der Waals surface area contributed by atoms with Crippen LogP contribution < -0.4 is 0 Å². The summed E-state index contributed by atoms with van der Waals surface area (Å²) in [5, 5.41) is 4.20. The number of fused-ring (bicyclic) bond motifs is 1. The van der Waals surface area contributed by atoms with Gasteiger partial charge in [-0.15, -0.1) is 11.3 Å². The highest BCUT2D eigenvalue weighted by atomic mass is 35.5. The molecule has 3 nitrogen and oxygen atoms in total. The Hall–Kier alpha value is -0.650. The Morgan fingerprint density at radius 1 is 1.32 bits per heavy atom. The number of thiophene rings is 1. The highest BCUT2D eigenvalue weighted by Gasteiger charge is 2.12. The van der Waals surface area contributed by atoms with E-state index in [0.717, 1.165) is 18.1 Å². The Kier molecular flexibility index (Phi) is 5.19. The van der Waals surface area contributed by atoms with Gasteiger partial charge < -0.3 is 9.47 Å². The molecule has 0 aliphatic rings. The predicted octanol–water partition coefficient (Wildman–Crippen LogP) is 3.61. The van der Waals surface area contributed by atoms with Gasteiger partial charge in [-0.1, -0.05) is 11.6 Å². The first kappa shape index (κ1) is 14.8. The van der Waals surface area contributed by atoms with Crippen molar-refractivity contribution in [2.75, 3.05) is 27.8 Å². The predicted molar refractivity (Wildman–Crippen MR) is 81.0 cm³/mol. The van der Waals surface area contributed by atoms with Crippen molar-refractivity contribution in [2.45, 2.75) is 12.8 Å². The van der Waals surface area contributed by atoms with Gasteiger partial charge in [-0.05, 0) is 41.6 Å². The molecule has 2 aromatic rings. The van der Waals surface area contributed by atoms with Gasteiger partial charge in [0.05, 0.1) is 0 Å². The molecule has 0 saturated carbocycles. The summed E-state index contributed by atoms with van der Waals surface area (Å²) in [6.07, 6.45) is -0.196. The van der Waals surface area contributed by atoms with Gasteiger partial charge in [-0.3, -0.25) is 4.90 Å². The van der Waals surface area contributed by atoms with E-state index in [1.165, 1.54) is 15.6 Å². The monoisotopic (exact) mass is 299 g/mol. The number of likely N-dealkylation sites (N-methyl/N-ethyl adjacent to an activating group) is 1. The van der Waals surface area contributed by atoms with Crippen LogP contribution in [0.2, 0.25) is 5.02 Å². The lowest BCUT2D eigenvalue weighted by atomic mass is 10.1. The molecule has 1 heterocycles. The maximum atomic E-state index is 6.06. The van der Waals surface area contributed by atoms with Crippen molar-refractivity contribution in [3.8, 4) is 0 Å². The van der Waals surface area contributed by atoms with Crippen molar-refractivity contribution in [3.63, 3.8) is 0 Å². The first-order valence-corrected chi connectivity index (χ1v) is 7.29. The molecule has 0 fully saturated rings. The Labute approximate surface area is 122 Å². The number of ether oxygens (including phenoxy) is 2. The molecular weight excluding hydrogens is 282 g/mol. The van der Waals surface area contributed by atoms with Crippen molar-refractivity contribution in [1.82, 2.24) is 4.90 Å². The Balaban J connectivity index is 2.10. The van der Waals surface area contributed by atoms with Crippen LogP contribution in [0.4, 0.5) is 0 Å². The van der Waals surface area contributed by atoms with Crippen molar-refractivity contribution < 1.29 is 9.47 Å². The van der Waals surface area contributed by atoms with Crippen LogP contribution in [0.15, 0.2) is 23.6 Å². The van der Waals surface area contributed by atoms with E-state index in [1.807, 2.05) is 12.1 Å². The van der Waals surface area contributed by atoms with Gasteiger partial charge in [-0.2, -0.15) is 0 Å². The van der Waals surface area contributed by atoms with E-state index in [-0.39, 0.29) is 6.29 Å². The lowest BCUT2D eigenvalue weighted by molar-refractivity contribution is -0.114. The molecule has 0 bridgehead atoms. The maximum Gasteiger partial charge on any atom is 0.169 e. The molecule has 0 radical (unpaired) electrons. The zero-order chi connectivity index (χ0) is 13.8. The van der Waals surface area contributed by atoms with Crippen LogP contribution in [0, 0.1) is 0 Å². The van der Waals surface area contributed by atoms with E-state index in [2.05, 4.69) is 23.4 Å². The lowest BCUT2D eigenvalue weighted by Gasteiger charge is -2.21. The van der Waals surface area contributed by atoms with Crippen LogP contribution in [0.25, 0.3) is 10.1 Å². The van der Waals surface area contributed by atoms with E-state index in [1.54, 1.807) is 25.6 Å². The number of rotatable bonds is 6. The molecule has 104 valence electrons. The first-order chi connectivity index (χ1) is 9.13. The summed E-state index contributed by atoms with van der Waals surface area (Å²) < 4.78 is 11.7. The standard InChI is InChI=1S/C14H18ClNO2S/c1-16(8-14(17-2)18-3)7-10-9-19-13-5-4-11(15)6-12(10)13/h4-6,9,14H,7-8H2,1-3H3. The van der Waals surface area contributed by atoms with Crippen LogP contribution in [0.3, 0.4) is 0 Å². The lowest BCUT2D eigenvalue weighted by Crippen LogP contribution is -2.31. The minimum absolute atomic E-state index is 0.196. The molecule has 0 amide bonds. The molecule has 2 rings (SSSR count). The largest absolute Gasteiger partial charge is 0.355 e. The highest BCUT2D eigenvalue weighted by molar-refractivity contribution is 7.17. The summed E-state index contributed by atoms with van der Waals surface area (Å²) in [6.45, 7) is 1.58. The summed E-state index contributed by atoms with van der Waals surface area (Å²) >= 11 is 7.81. The van der Waals surface area contributed by atoms with Crippen molar-refractivity contribution in [3.05, 3.63) is 34.2 Å². The molecule has 1 aromatic heterocycles. The minimum atomic E-state index is -0.196. The number of benzene rings is 1. The second-order valence-electron chi connectivity index (χ2n) is 4.50. The molecular formula is C14H18ClNO2S. The van der Waals surface area contributed by atoms with Gasteiger partial charge in [-0.25, -0.2) is 0 Å². The fourth-order valence-electron chi connectivity index (χ4n) is 2.03. The third kappa shape index (κ3) is 3.68. The fraction of sp³-hybridized carbons (Fsp3) is 0.429. The zero-order valence-corrected chi connectivity index (χ0v) is 12.9. The molecule has 5 heteroatoms. The molecule has 1 aromatic carbocycles. The second kappa shape index (κ2) is 6.68. The summed E-state index contributed by atoms with van der Waals surface area (Å²) in [4.78, 5) is 2.18. The maximum absolute atomic E-state index is 6.06. The van der Waals surface area contributed by atoms with Crippen molar-refractivity contribution in [2.24, 2.45) is 0 Å². The summed E-state index contributed by atoms with van der Waals surface area (Å²) in [7, 11) is 5.36. The normalized spacial score (nSPS) is 11.9. The molecule has 0 atom stereocenters. The van der Waals surface area contributed by atoms with Crippen LogP contribution in [-0.2, 0) is 16.0 Å². The quantitative estimate of drug-likeness (QED) is 0.761. The number of halogens is 1. The molecule has 19 heavy (non-hydrogen) atoms. The van der Waals surface area contributed by atoms with Gasteiger partial charge in [0.1, 0.15) is 0 Å². The topological polar surface area (TPSA) is 21.7 Å². The molecule has 0 aliphatic carbocycles. The van der Waals surface area contributed by atoms with Crippen molar-refractivity contribution >= 4 is 33.0 Å². The zero-order valence-electron chi connectivity index (χ0n) is 11.4. The van der Waals surface area contributed by atoms with Crippen molar-refractivity contribution in [1.29, 1.82) is 0 Å². The van der Waals surface area contributed by atoms with Crippen LogP contribution in [-0.4, -0.2) is 39.0 Å². The summed E-state index contributed by atoms with van der Waals surface area (Å²) in [5.74, 6) is 0. The molecule has 0 unspecified atom stereocenters. The van der Waals surface area contributed by atoms with E-state index in [0.29, 0.717) is 0 Å². The third-order valence-electron chi connectivity index (χ3n) is 3.04. The third-order valence-corrected chi connectivity index (χ3v) is 4.29. The Bertz CT molecular complexity index is 539. The van der Waals surface area contributed by atoms with Crippen LogP contribution >= 0.6 is 22.9 Å². The molecule has 0 aliphatic heterocycles. The van der Waals surface area contributed by atoms with Crippen LogP contribution in [0.5, 0.6) is 0 Å². The van der Waals surface area contributed by atoms with E-state index in [4.69, 9.17) is 21.1 Å². The van der Waals surface area contributed by atoms with Gasteiger partial charge >= 0.3 is 0 Å². The SMILES string of the molecule is COC(CN(C)Cc1csc2ccc(Cl)cc12)OC. The van der Waals surface area contributed by atoms with E-state index in [9.17, 15) is 0 Å². The summed E-state index contributed by atoms with van der Waals surface area (Å²) in [5.41, 5.74) is 1.29. The second-order valence-corrected chi connectivity index (χ2v) is 5.85.